The van der Waals surface area contributed by atoms with Gasteiger partial charge in [0.05, 0.1) is 0 Å². The first kappa shape index (κ1) is 30.4. The third-order valence-corrected chi connectivity index (χ3v) is 9.22. The van der Waals surface area contributed by atoms with E-state index in [1.165, 1.54) is 70.1 Å². The molecule has 0 spiro atoms. The topological polar surface area (TPSA) is 31.6 Å². The molecule has 6 aromatic rings. The summed E-state index contributed by atoms with van der Waals surface area (Å²) in [7, 11) is 0. The highest BCUT2D eigenvalue weighted by Gasteiger charge is 2.48. The van der Waals surface area contributed by atoms with Crippen molar-refractivity contribution in [3.8, 4) is 11.1 Å². The van der Waals surface area contributed by atoms with Gasteiger partial charge in [0.15, 0.2) is 0 Å². The Labute approximate surface area is 258 Å². The van der Waals surface area contributed by atoms with Crippen LogP contribution in [-0.4, -0.2) is 9.97 Å². The number of H-pyrrole nitrogens is 2. The fraction of sp³-hybridized carbons (Fsp3) is 0.317. The van der Waals surface area contributed by atoms with Gasteiger partial charge in [-0.05, 0) is 69.1 Å². The number of nitrogens with one attached hydrogen (secondary N) is 2. The van der Waals surface area contributed by atoms with Gasteiger partial charge in [0.25, 0.3) is 0 Å². The largest absolute Gasteiger partial charge is 0.357 e. The second kappa shape index (κ2) is 13.5. The van der Waals surface area contributed by atoms with Gasteiger partial charge >= 0.3 is 0 Å². The molecule has 0 radical (unpaired) electrons. The first-order valence-electron chi connectivity index (χ1n) is 16.4. The van der Waals surface area contributed by atoms with E-state index >= 15 is 0 Å². The molecule has 2 heterocycles. The van der Waals surface area contributed by atoms with Crippen LogP contribution >= 0.6 is 0 Å². The molecule has 0 saturated carbocycles. The summed E-state index contributed by atoms with van der Waals surface area (Å²) >= 11 is 0. The summed E-state index contributed by atoms with van der Waals surface area (Å²) in [6, 6.07) is 39.4. The molecule has 2 N–H and O–H groups in total. The third-order valence-electron chi connectivity index (χ3n) is 9.22. The highest BCUT2D eigenvalue weighted by Crippen LogP contribution is 2.56. The van der Waals surface area contributed by atoms with Crippen LogP contribution in [0.25, 0.3) is 32.9 Å². The summed E-state index contributed by atoms with van der Waals surface area (Å²) in [6.45, 7) is 13.3. The smallest absolute Gasteiger partial charge is 0.101 e. The van der Waals surface area contributed by atoms with Gasteiger partial charge in [-0.1, -0.05) is 152 Å². The molecule has 1 aliphatic rings. The average Bonchev–Trinajstić information content (AvgIpc) is 3.75. The molecule has 0 aliphatic heterocycles. The number of unbranched alkanes of at least 4 members (excludes halogenated alkanes) is 1. The normalized spacial score (nSPS) is 13.6. The lowest BCUT2D eigenvalue weighted by atomic mass is 9.72. The van der Waals surface area contributed by atoms with E-state index in [0.717, 1.165) is 22.9 Å². The van der Waals surface area contributed by atoms with E-state index in [0.29, 0.717) is 0 Å². The molecular formula is C41H48N2. The number of hydrogen-bond acceptors (Lipinski definition) is 0. The lowest BCUT2D eigenvalue weighted by Gasteiger charge is -2.30. The molecule has 1 unspecified atom stereocenters. The minimum atomic E-state index is -0.425. The minimum absolute atomic E-state index is 0.425. The standard InChI is InChI=1S/C29H20N2.C10H22.C2H6/c1-7-15-25-19(9-1)17-27(30-25)29(28-18-20-10-2-8-16-26(20)31-28)23-13-5-3-11-21(23)22-12-4-6-14-24(22)29;1-5-7-8-10(6-2)9(3)4;1-2/h1-18,30-31H;9-10H,5-8H2,1-4H3;1-2H3. The van der Waals surface area contributed by atoms with Crippen molar-refractivity contribution in [2.75, 3.05) is 0 Å². The number of aromatic amines is 2. The molecule has 222 valence electrons. The fourth-order valence-electron chi connectivity index (χ4n) is 6.99. The number of rotatable bonds is 7. The predicted octanol–water partition coefficient (Wildman–Crippen LogP) is 11.9. The van der Waals surface area contributed by atoms with Crippen LogP contribution in [0.4, 0.5) is 0 Å². The quantitative estimate of drug-likeness (QED) is 0.192. The van der Waals surface area contributed by atoms with Gasteiger partial charge < -0.3 is 9.97 Å². The monoisotopic (exact) mass is 568 g/mol. The Morgan fingerprint density at radius 1 is 0.605 bits per heavy atom. The first-order valence-corrected chi connectivity index (χ1v) is 16.4. The van der Waals surface area contributed by atoms with Gasteiger partial charge in [0.2, 0.25) is 0 Å². The van der Waals surface area contributed by atoms with Crippen molar-refractivity contribution in [3.05, 3.63) is 132 Å². The molecular weight excluding hydrogens is 520 g/mol. The fourth-order valence-corrected chi connectivity index (χ4v) is 6.99. The van der Waals surface area contributed by atoms with E-state index < -0.39 is 5.41 Å². The molecule has 0 fully saturated rings. The molecule has 1 aliphatic carbocycles. The second-order valence-electron chi connectivity index (χ2n) is 11.9. The maximum absolute atomic E-state index is 3.78. The Balaban J connectivity index is 0.000000265. The van der Waals surface area contributed by atoms with Crippen molar-refractivity contribution in [2.24, 2.45) is 11.8 Å². The minimum Gasteiger partial charge on any atom is -0.357 e. The third kappa shape index (κ3) is 5.56. The Morgan fingerprint density at radius 3 is 1.47 bits per heavy atom. The number of aromatic nitrogens is 2. The highest BCUT2D eigenvalue weighted by atomic mass is 14.8. The van der Waals surface area contributed by atoms with Crippen LogP contribution in [0, 0.1) is 11.8 Å². The number of fused-ring (bicyclic) bond motifs is 5. The van der Waals surface area contributed by atoms with Crippen LogP contribution in [0.15, 0.2) is 109 Å². The second-order valence-corrected chi connectivity index (χ2v) is 11.9. The van der Waals surface area contributed by atoms with Gasteiger partial charge in [-0.2, -0.15) is 0 Å². The zero-order valence-electron chi connectivity index (χ0n) is 26.9. The maximum Gasteiger partial charge on any atom is 0.101 e. The Hall–Kier alpha value is -4.04. The molecule has 2 heteroatoms. The van der Waals surface area contributed by atoms with Crippen molar-refractivity contribution in [3.63, 3.8) is 0 Å². The van der Waals surface area contributed by atoms with Gasteiger partial charge in [-0.15, -0.1) is 0 Å². The van der Waals surface area contributed by atoms with Crippen LogP contribution in [-0.2, 0) is 5.41 Å². The average molecular weight is 569 g/mol. The molecule has 1 atom stereocenters. The summed E-state index contributed by atoms with van der Waals surface area (Å²) in [6.07, 6.45) is 5.56. The Kier molecular flexibility index (Phi) is 9.56. The van der Waals surface area contributed by atoms with Crippen molar-refractivity contribution in [1.82, 2.24) is 9.97 Å². The van der Waals surface area contributed by atoms with E-state index in [1.54, 1.807) is 0 Å². The maximum atomic E-state index is 3.78. The molecule has 0 bridgehead atoms. The predicted molar refractivity (Wildman–Crippen MR) is 187 cm³/mol. The SMILES string of the molecule is CC.CCCCC(CC)C(C)C.c1ccc2c(c1)-c1ccccc1C2(c1cc2ccccc2[nH]1)c1cc2ccccc2[nH]1. The van der Waals surface area contributed by atoms with Gasteiger partial charge in [0, 0.05) is 22.4 Å². The Morgan fingerprint density at radius 2 is 1.05 bits per heavy atom. The lowest BCUT2D eigenvalue weighted by molar-refractivity contribution is 0.339. The molecule has 7 rings (SSSR count). The van der Waals surface area contributed by atoms with Crippen LogP contribution in [0.5, 0.6) is 0 Å². The van der Waals surface area contributed by atoms with E-state index in [-0.39, 0.29) is 0 Å². The summed E-state index contributed by atoms with van der Waals surface area (Å²) in [5.41, 5.74) is 9.51. The summed E-state index contributed by atoms with van der Waals surface area (Å²) in [5.74, 6) is 1.86. The zero-order valence-corrected chi connectivity index (χ0v) is 26.9. The van der Waals surface area contributed by atoms with Crippen LogP contribution in [0.1, 0.15) is 89.7 Å². The van der Waals surface area contributed by atoms with Crippen LogP contribution in [0.3, 0.4) is 0 Å². The first-order chi connectivity index (χ1) is 21.1. The van der Waals surface area contributed by atoms with E-state index in [1.807, 2.05) is 13.8 Å². The number of para-hydroxylation sites is 2. The van der Waals surface area contributed by atoms with Gasteiger partial charge in [0.1, 0.15) is 5.41 Å². The molecule has 0 amide bonds. The van der Waals surface area contributed by atoms with Crippen molar-refractivity contribution in [2.45, 2.75) is 72.6 Å². The van der Waals surface area contributed by atoms with E-state index in [9.17, 15) is 0 Å². The molecule has 4 aromatic carbocycles. The molecule has 43 heavy (non-hydrogen) atoms. The molecule has 2 aromatic heterocycles. The summed E-state index contributed by atoms with van der Waals surface area (Å²) < 4.78 is 0. The number of hydrogen-bond donors (Lipinski definition) is 2. The lowest BCUT2D eigenvalue weighted by Crippen LogP contribution is -2.29. The van der Waals surface area contributed by atoms with Gasteiger partial charge in [-0.3, -0.25) is 0 Å². The summed E-state index contributed by atoms with van der Waals surface area (Å²) in [5, 5.41) is 2.46. The summed E-state index contributed by atoms with van der Waals surface area (Å²) in [4.78, 5) is 7.57. The Bertz CT molecular complexity index is 1580. The zero-order chi connectivity index (χ0) is 30.4. The molecule has 0 saturated heterocycles. The van der Waals surface area contributed by atoms with Crippen molar-refractivity contribution < 1.29 is 0 Å². The molecule has 2 nitrogen and oxygen atoms in total. The van der Waals surface area contributed by atoms with Crippen LogP contribution < -0.4 is 0 Å². The van der Waals surface area contributed by atoms with E-state index in [4.69, 9.17) is 0 Å². The number of benzene rings is 4. The van der Waals surface area contributed by atoms with Crippen molar-refractivity contribution >= 4 is 21.8 Å². The van der Waals surface area contributed by atoms with Gasteiger partial charge in [-0.25, -0.2) is 0 Å². The van der Waals surface area contributed by atoms with Crippen molar-refractivity contribution in [1.29, 1.82) is 0 Å². The highest BCUT2D eigenvalue weighted by molar-refractivity contribution is 5.90. The van der Waals surface area contributed by atoms with Crippen LogP contribution in [0.2, 0.25) is 0 Å². The van der Waals surface area contributed by atoms with E-state index in [2.05, 4.69) is 147 Å².